The molecule has 0 aromatic carbocycles. The third-order valence-electron chi connectivity index (χ3n) is 3.08. The molecule has 0 radical (unpaired) electrons. The zero-order valence-corrected chi connectivity index (χ0v) is 6.42. The van der Waals surface area contributed by atoms with E-state index in [0.29, 0.717) is 18.1 Å². The molecule has 58 valence electrons. The van der Waals surface area contributed by atoms with Crippen molar-refractivity contribution in [2.75, 3.05) is 0 Å². The van der Waals surface area contributed by atoms with Gasteiger partial charge in [-0.15, -0.1) is 0 Å². The van der Waals surface area contributed by atoms with Crippen LogP contribution in [0.3, 0.4) is 0 Å². The normalized spacial score (nSPS) is 42.1. The van der Waals surface area contributed by atoms with E-state index in [2.05, 4.69) is 6.07 Å². The molecule has 0 amide bonds. The van der Waals surface area contributed by atoms with Crippen LogP contribution in [0.5, 0.6) is 0 Å². The molecule has 3 rings (SSSR count). The van der Waals surface area contributed by atoms with Gasteiger partial charge in [0.2, 0.25) is 0 Å². The fraction of sp³-hybridized carbons (Fsp3) is 0.778. The van der Waals surface area contributed by atoms with Gasteiger partial charge >= 0.3 is 0 Å². The SMILES string of the molecule is N#CC1CC2CCC1CC2=O. The molecule has 3 aliphatic rings. The predicted molar refractivity (Wildman–Crippen MR) is 39.6 cm³/mol. The van der Waals surface area contributed by atoms with Crippen LogP contribution < -0.4 is 0 Å². The van der Waals surface area contributed by atoms with Crippen LogP contribution in [-0.4, -0.2) is 5.78 Å². The number of carbonyl (C=O) groups is 1. The van der Waals surface area contributed by atoms with Gasteiger partial charge in [-0.25, -0.2) is 0 Å². The number of Topliss-reactive ketones (excluding diaryl/α,β-unsaturated/α-hetero) is 1. The Morgan fingerprint density at radius 1 is 1.45 bits per heavy atom. The van der Waals surface area contributed by atoms with Gasteiger partial charge in [0.1, 0.15) is 5.78 Å². The quantitative estimate of drug-likeness (QED) is 0.524. The average molecular weight is 149 g/mol. The first-order valence-corrected chi connectivity index (χ1v) is 4.23. The molecule has 2 heteroatoms. The summed E-state index contributed by atoms with van der Waals surface area (Å²) >= 11 is 0. The van der Waals surface area contributed by atoms with E-state index in [9.17, 15) is 4.79 Å². The molecule has 0 aromatic rings. The molecule has 3 saturated carbocycles. The number of hydrogen-bond donors (Lipinski definition) is 0. The van der Waals surface area contributed by atoms with Gasteiger partial charge in [-0.1, -0.05) is 0 Å². The lowest BCUT2D eigenvalue weighted by atomic mass is 9.64. The summed E-state index contributed by atoms with van der Waals surface area (Å²) in [5.41, 5.74) is 0. The number of ketones is 1. The van der Waals surface area contributed by atoms with Crippen LogP contribution in [0, 0.1) is 29.1 Å². The van der Waals surface area contributed by atoms with Crippen molar-refractivity contribution in [2.45, 2.75) is 25.7 Å². The Balaban J connectivity index is 2.17. The van der Waals surface area contributed by atoms with Gasteiger partial charge in [-0.2, -0.15) is 5.26 Å². The van der Waals surface area contributed by atoms with E-state index in [4.69, 9.17) is 5.26 Å². The molecule has 3 aliphatic carbocycles. The van der Waals surface area contributed by atoms with Gasteiger partial charge in [0.05, 0.1) is 12.0 Å². The third kappa shape index (κ3) is 0.956. The van der Waals surface area contributed by atoms with Crippen LogP contribution in [0.2, 0.25) is 0 Å². The smallest absolute Gasteiger partial charge is 0.136 e. The van der Waals surface area contributed by atoms with Gasteiger partial charge < -0.3 is 0 Å². The minimum Gasteiger partial charge on any atom is -0.299 e. The Bertz CT molecular complexity index is 228. The lowest BCUT2D eigenvalue weighted by Crippen LogP contribution is -2.37. The fourth-order valence-corrected chi connectivity index (χ4v) is 2.35. The number of nitriles is 1. The molecule has 11 heavy (non-hydrogen) atoms. The lowest BCUT2D eigenvalue weighted by molar-refractivity contribution is -0.130. The highest BCUT2D eigenvalue weighted by Gasteiger charge is 2.40. The van der Waals surface area contributed by atoms with Gasteiger partial charge in [0.25, 0.3) is 0 Å². The first-order valence-electron chi connectivity index (χ1n) is 4.23. The van der Waals surface area contributed by atoms with E-state index in [0.717, 1.165) is 19.3 Å². The number of rotatable bonds is 0. The Morgan fingerprint density at radius 3 is 2.73 bits per heavy atom. The Hall–Kier alpha value is -0.840. The van der Waals surface area contributed by atoms with Crippen molar-refractivity contribution in [3.63, 3.8) is 0 Å². The lowest BCUT2D eigenvalue weighted by Gasteiger charge is -2.37. The number of fused-ring (bicyclic) bond motifs is 3. The van der Waals surface area contributed by atoms with Gasteiger partial charge in [0, 0.05) is 12.3 Å². The van der Waals surface area contributed by atoms with Crippen LogP contribution in [-0.2, 0) is 4.79 Å². The molecule has 0 aromatic heterocycles. The molecule has 3 unspecified atom stereocenters. The van der Waals surface area contributed by atoms with Gasteiger partial charge in [0.15, 0.2) is 0 Å². The molecule has 3 fully saturated rings. The molecular formula is C9H11NO. The second-order valence-corrected chi connectivity index (χ2v) is 3.68. The van der Waals surface area contributed by atoms with E-state index in [-0.39, 0.29) is 11.8 Å². The molecular weight excluding hydrogens is 138 g/mol. The Morgan fingerprint density at radius 2 is 2.27 bits per heavy atom. The van der Waals surface area contributed by atoms with Crippen LogP contribution >= 0.6 is 0 Å². The van der Waals surface area contributed by atoms with Crippen molar-refractivity contribution in [2.24, 2.45) is 17.8 Å². The highest BCUT2D eigenvalue weighted by atomic mass is 16.1. The molecule has 0 N–H and O–H groups in total. The maximum absolute atomic E-state index is 11.2. The predicted octanol–water partition coefficient (Wildman–Crippen LogP) is 1.52. The van der Waals surface area contributed by atoms with E-state index >= 15 is 0 Å². The molecule has 2 nitrogen and oxygen atoms in total. The summed E-state index contributed by atoms with van der Waals surface area (Å²) < 4.78 is 0. The van der Waals surface area contributed by atoms with Crippen molar-refractivity contribution in [1.29, 1.82) is 5.26 Å². The maximum atomic E-state index is 11.2. The first kappa shape index (κ1) is 6.84. The van der Waals surface area contributed by atoms with E-state index in [1.807, 2.05) is 0 Å². The summed E-state index contributed by atoms with van der Waals surface area (Å²) in [4.78, 5) is 11.2. The van der Waals surface area contributed by atoms with Gasteiger partial charge in [-0.05, 0) is 25.2 Å². The van der Waals surface area contributed by atoms with E-state index in [1.54, 1.807) is 0 Å². The molecule has 0 heterocycles. The van der Waals surface area contributed by atoms with E-state index < -0.39 is 0 Å². The minimum absolute atomic E-state index is 0.187. The summed E-state index contributed by atoms with van der Waals surface area (Å²) in [5, 5.41) is 8.74. The fourth-order valence-electron chi connectivity index (χ4n) is 2.35. The number of hydrogen-bond acceptors (Lipinski definition) is 2. The Kier molecular flexibility index (Phi) is 1.45. The monoisotopic (exact) mass is 149 g/mol. The molecule has 0 saturated heterocycles. The standard InChI is InChI=1S/C9H11NO/c10-5-8-3-7-2-1-6(8)4-9(7)11/h6-8H,1-4H2. The second kappa shape index (κ2) is 2.34. The number of carbonyl (C=O) groups excluding carboxylic acids is 1. The van der Waals surface area contributed by atoms with Crippen LogP contribution in [0.1, 0.15) is 25.7 Å². The molecule has 0 aliphatic heterocycles. The molecule has 0 spiro atoms. The highest BCUT2D eigenvalue weighted by Crippen LogP contribution is 2.42. The topological polar surface area (TPSA) is 40.9 Å². The van der Waals surface area contributed by atoms with Crippen molar-refractivity contribution >= 4 is 5.78 Å². The molecule has 2 bridgehead atoms. The summed E-state index contributed by atoms with van der Waals surface area (Å²) in [6, 6.07) is 2.30. The van der Waals surface area contributed by atoms with Crippen LogP contribution in [0.25, 0.3) is 0 Å². The first-order chi connectivity index (χ1) is 5.31. The van der Waals surface area contributed by atoms with Crippen molar-refractivity contribution < 1.29 is 4.79 Å². The largest absolute Gasteiger partial charge is 0.299 e. The van der Waals surface area contributed by atoms with Crippen molar-refractivity contribution in [3.8, 4) is 6.07 Å². The summed E-state index contributed by atoms with van der Waals surface area (Å²) in [5.74, 6) is 1.24. The maximum Gasteiger partial charge on any atom is 0.136 e. The minimum atomic E-state index is 0.187. The van der Waals surface area contributed by atoms with Crippen molar-refractivity contribution in [1.82, 2.24) is 0 Å². The summed E-state index contributed by atoms with van der Waals surface area (Å²) in [6.07, 6.45) is 3.68. The zero-order valence-electron chi connectivity index (χ0n) is 6.42. The zero-order chi connectivity index (χ0) is 7.84. The summed E-state index contributed by atoms with van der Waals surface area (Å²) in [6.45, 7) is 0. The van der Waals surface area contributed by atoms with E-state index in [1.165, 1.54) is 0 Å². The highest BCUT2D eigenvalue weighted by molar-refractivity contribution is 5.83. The molecule has 3 atom stereocenters. The van der Waals surface area contributed by atoms with Crippen molar-refractivity contribution in [3.05, 3.63) is 0 Å². The average Bonchev–Trinajstić information content (AvgIpc) is 2.05. The summed E-state index contributed by atoms with van der Waals surface area (Å²) in [7, 11) is 0. The number of nitrogens with zero attached hydrogens (tertiary/aromatic N) is 1. The second-order valence-electron chi connectivity index (χ2n) is 3.68. The third-order valence-corrected chi connectivity index (χ3v) is 3.08. The van der Waals surface area contributed by atoms with Crippen LogP contribution in [0.15, 0.2) is 0 Å². The van der Waals surface area contributed by atoms with Crippen LogP contribution in [0.4, 0.5) is 0 Å². The van der Waals surface area contributed by atoms with Gasteiger partial charge in [-0.3, -0.25) is 4.79 Å². The Labute approximate surface area is 66.2 Å².